The second-order valence-corrected chi connectivity index (χ2v) is 4.04. The van der Waals surface area contributed by atoms with Gasteiger partial charge in [-0.2, -0.15) is 0 Å². The first-order chi connectivity index (χ1) is 10.1. The summed E-state index contributed by atoms with van der Waals surface area (Å²) in [5.41, 5.74) is 0.864. The lowest BCUT2D eigenvalue weighted by molar-refractivity contribution is -0.384. The second kappa shape index (κ2) is 8.16. The monoisotopic (exact) mass is 308 g/mol. The zero-order chi connectivity index (χ0) is 15.8. The normalized spacial score (nSPS) is 9.52. The maximum atomic E-state index is 10.6. The second-order valence-electron chi connectivity index (χ2n) is 3.70. The van der Waals surface area contributed by atoms with E-state index in [-0.39, 0.29) is 11.0 Å². The number of hydrogen-bond donors (Lipinski definition) is 0. The topological polar surface area (TPSA) is 72.2 Å². The minimum absolute atomic E-state index is 0.0560. The van der Waals surface area contributed by atoms with Gasteiger partial charge in [0.2, 0.25) is 5.28 Å². The number of nitrogens with zero attached hydrogens (tertiary/aromatic N) is 4. The Morgan fingerprint density at radius 1 is 1.24 bits per heavy atom. The van der Waals surface area contributed by atoms with Crippen LogP contribution in [0.2, 0.25) is 5.28 Å². The van der Waals surface area contributed by atoms with Gasteiger partial charge in [-0.1, -0.05) is 13.8 Å². The van der Waals surface area contributed by atoms with Crippen molar-refractivity contribution < 1.29 is 4.92 Å². The molecule has 0 atom stereocenters. The minimum atomic E-state index is -0.429. The van der Waals surface area contributed by atoms with E-state index in [4.69, 9.17) is 11.6 Å². The van der Waals surface area contributed by atoms with Crippen LogP contribution in [0.1, 0.15) is 20.8 Å². The molecule has 1 heterocycles. The molecule has 1 aromatic carbocycles. The number of nitro groups is 1. The summed E-state index contributed by atoms with van der Waals surface area (Å²) in [5.74, 6) is 0.649. The van der Waals surface area contributed by atoms with Gasteiger partial charge in [0.25, 0.3) is 5.69 Å². The van der Waals surface area contributed by atoms with Gasteiger partial charge in [-0.05, 0) is 36.7 Å². The third kappa shape index (κ3) is 4.39. The molecule has 21 heavy (non-hydrogen) atoms. The molecule has 0 aliphatic carbocycles. The van der Waals surface area contributed by atoms with Gasteiger partial charge in [0.05, 0.1) is 4.92 Å². The first-order valence-electron chi connectivity index (χ1n) is 6.62. The minimum Gasteiger partial charge on any atom is -0.327 e. The van der Waals surface area contributed by atoms with Crippen molar-refractivity contribution in [2.24, 2.45) is 0 Å². The molecule has 2 aromatic rings. The lowest BCUT2D eigenvalue weighted by Gasteiger charge is -2.21. The molecule has 0 aliphatic heterocycles. The summed E-state index contributed by atoms with van der Waals surface area (Å²) in [5, 5.41) is 10.8. The fourth-order valence-corrected chi connectivity index (χ4v) is 1.85. The van der Waals surface area contributed by atoms with Gasteiger partial charge in [0, 0.05) is 30.6 Å². The molecular weight excluding hydrogens is 292 g/mol. The molecular formula is C14H17ClN4O2. The van der Waals surface area contributed by atoms with Gasteiger partial charge >= 0.3 is 0 Å². The van der Waals surface area contributed by atoms with E-state index in [1.54, 1.807) is 24.4 Å². The average Bonchev–Trinajstić information content (AvgIpc) is 2.51. The van der Waals surface area contributed by atoms with Crippen LogP contribution in [-0.2, 0) is 0 Å². The number of rotatable bonds is 4. The van der Waals surface area contributed by atoms with Crippen LogP contribution < -0.4 is 4.90 Å². The van der Waals surface area contributed by atoms with Crippen LogP contribution in [0.15, 0.2) is 36.5 Å². The van der Waals surface area contributed by atoms with Crippen LogP contribution in [0.3, 0.4) is 0 Å². The number of non-ortho nitro benzene ring substituents is 1. The summed E-state index contributed by atoms with van der Waals surface area (Å²) in [6, 6.07) is 8.01. The fourth-order valence-electron chi connectivity index (χ4n) is 1.71. The standard InChI is InChI=1S/C12H11ClN4O2.C2H6/c1-2-16(11-7-8-14-12(13)15-11)9-3-5-10(6-4-9)17(18)19;1-2/h3-8H,2H2,1H3;1-2H3. The molecule has 0 saturated carbocycles. The predicted molar refractivity (Wildman–Crippen MR) is 84.2 cm³/mol. The van der Waals surface area contributed by atoms with E-state index >= 15 is 0 Å². The van der Waals surface area contributed by atoms with Crippen molar-refractivity contribution in [2.75, 3.05) is 11.4 Å². The Morgan fingerprint density at radius 3 is 2.33 bits per heavy atom. The van der Waals surface area contributed by atoms with Gasteiger partial charge in [-0.3, -0.25) is 10.1 Å². The third-order valence-corrected chi connectivity index (χ3v) is 2.76. The Kier molecular flexibility index (Phi) is 6.55. The highest BCUT2D eigenvalue weighted by Crippen LogP contribution is 2.25. The Morgan fingerprint density at radius 2 is 1.86 bits per heavy atom. The maximum absolute atomic E-state index is 10.6. The predicted octanol–water partition coefficient (Wildman–Crippen LogP) is 4.22. The lowest BCUT2D eigenvalue weighted by Crippen LogP contribution is -2.17. The van der Waals surface area contributed by atoms with Gasteiger partial charge in [0.1, 0.15) is 5.82 Å². The number of benzene rings is 1. The lowest BCUT2D eigenvalue weighted by atomic mass is 10.2. The molecule has 112 valence electrons. The SMILES string of the molecule is CC.CCN(c1ccc([N+](=O)[O-])cc1)c1ccnc(Cl)n1. The van der Waals surface area contributed by atoms with Crippen molar-refractivity contribution in [1.82, 2.24) is 9.97 Å². The zero-order valence-corrected chi connectivity index (χ0v) is 12.9. The Hall–Kier alpha value is -2.21. The number of nitro benzene ring substituents is 1. The van der Waals surface area contributed by atoms with Gasteiger partial charge in [0.15, 0.2) is 0 Å². The van der Waals surface area contributed by atoms with Crippen molar-refractivity contribution in [2.45, 2.75) is 20.8 Å². The molecule has 2 rings (SSSR count). The molecule has 0 saturated heterocycles. The number of anilines is 2. The molecule has 0 aliphatic rings. The van der Waals surface area contributed by atoms with Crippen molar-refractivity contribution >= 4 is 28.8 Å². The molecule has 0 radical (unpaired) electrons. The largest absolute Gasteiger partial charge is 0.327 e. The third-order valence-electron chi connectivity index (χ3n) is 2.58. The van der Waals surface area contributed by atoms with Crippen molar-refractivity contribution in [3.8, 4) is 0 Å². The molecule has 6 nitrogen and oxygen atoms in total. The summed E-state index contributed by atoms with van der Waals surface area (Å²) in [6.45, 7) is 6.61. The van der Waals surface area contributed by atoms with Crippen molar-refractivity contribution in [3.05, 3.63) is 51.9 Å². The van der Waals surface area contributed by atoms with Crippen LogP contribution in [0.25, 0.3) is 0 Å². The molecule has 0 spiro atoms. The Bertz CT molecular complexity index is 590. The van der Waals surface area contributed by atoms with Crippen LogP contribution in [0.5, 0.6) is 0 Å². The smallest absolute Gasteiger partial charge is 0.269 e. The van der Waals surface area contributed by atoms with E-state index in [0.717, 1.165) is 5.69 Å². The molecule has 0 fully saturated rings. The molecule has 0 unspecified atom stereocenters. The molecule has 0 N–H and O–H groups in total. The summed E-state index contributed by atoms with van der Waals surface area (Å²) >= 11 is 5.76. The van der Waals surface area contributed by atoms with Gasteiger partial charge in [-0.25, -0.2) is 9.97 Å². The van der Waals surface area contributed by atoms with E-state index in [1.165, 1.54) is 12.1 Å². The molecule has 1 aromatic heterocycles. The van der Waals surface area contributed by atoms with E-state index in [1.807, 2.05) is 25.7 Å². The van der Waals surface area contributed by atoms with E-state index in [9.17, 15) is 10.1 Å². The van der Waals surface area contributed by atoms with Gasteiger partial charge in [-0.15, -0.1) is 0 Å². The molecule has 0 bridgehead atoms. The Labute approximate surface area is 128 Å². The summed E-state index contributed by atoms with van der Waals surface area (Å²) in [6.07, 6.45) is 1.57. The quantitative estimate of drug-likeness (QED) is 0.480. The highest BCUT2D eigenvalue weighted by atomic mass is 35.5. The summed E-state index contributed by atoms with van der Waals surface area (Å²) in [7, 11) is 0. The fraction of sp³-hybridized carbons (Fsp3) is 0.286. The van der Waals surface area contributed by atoms with E-state index < -0.39 is 4.92 Å². The number of halogens is 1. The molecule has 7 heteroatoms. The Balaban J connectivity index is 0.00000106. The maximum Gasteiger partial charge on any atom is 0.269 e. The number of hydrogen-bond acceptors (Lipinski definition) is 5. The van der Waals surface area contributed by atoms with Crippen LogP contribution in [-0.4, -0.2) is 21.4 Å². The number of aromatic nitrogens is 2. The van der Waals surface area contributed by atoms with Gasteiger partial charge < -0.3 is 4.90 Å². The highest BCUT2D eigenvalue weighted by Gasteiger charge is 2.11. The average molecular weight is 309 g/mol. The van der Waals surface area contributed by atoms with Crippen molar-refractivity contribution in [1.29, 1.82) is 0 Å². The van der Waals surface area contributed by atoms with E-state index in [2.05, 4.69) is 9.97 Å². The van der Waals surface area contributed by atoms with Crippen LogP contribution in [0, 0.1) is 10.1 Å². The molecule has 0 amide bonds. The summed E-state index contributed by atoms with van der Waals surface area (Å²) in [4.78, 5) is 20.0. The van der Waals surface area contributed by atoms with Crippen LogP contribution >= 0.6 is 11.6 Å². The van der Waals surface area contributed by atoms with Crippen LogP contribution in [0.4, 0.5) is 17.2 Å². The first-order valence-corrected chi connectivity index (χ1v) is 7.00. The van der Waals surface area contributed by atoms with E-state index in [0.29, 0.717) is 12.4 Å². The highest BCUT2D eigenvalue weighted by molar-refractivity contribution is 6.28. The zero-order valence-electron chi connectivity index (χ0n) is 12.2. The summed E-state index contributed by atoms with van der Waals surface area (Å²) < 4.78 is 0. The first kappa shape index (κ1) is 16.8. The van der Waals surface area contributed by atoms with Crippen molar-refractivity contribution in [3.63, 3.8) is 0 Å².